The van der Waals surface area contributed by atoms with Crippen molar-refractivity contribution in [3.63, 3.8) is 0 Å². The van der Waals surface area contributed by atoms with E-state index in [2.05, 4.69) is 54.6 Å². The Balaban J connectivity index is 1.26. The lowest BCUT2D eigenvalue weighted by Crippen LogP contribution is -2.00. The standard InChI is InChI=1S/C43H27N5O/c1-4-12-29(13-5-1)40-46-41(30-14-6-2-7-15-30)48-42(47-40)35-25-33(24-34(26-35)36-20-10-18-28-19-11-23-44-39(28)36)32-21-22-38-37(27-32)45-43(49-38)31-16-8-3-9-17-31/h1-27H. The van der Waals surface area contributed by atoms with Gasteiger partial charge in [0.2, 0.25) is 5.89 Å². The Kier molecular flexibility index (Phi) is 7.02. The van der Waals surface area contributed by atoms with Gasteiger partial charge in [0.15, 0.2) is 23.1 Å². The van der Waals surface area contributed by atoms with Gasteiger partial charge in [-0.2, -0.15) is 0 Å². The summed E-state index contributed by atoms with van der Waals surface area (Å²) in [6.07, 6.45) is 1.84. The van der Waals surface area contributed by atoms with Crippen molar-refractivity contribution in [1.29, 1.82) is 0 Å². The Labute approximate surface area is 282 Å². The topological polar surface area (TPSA) is 77.6 Å². The molecule has 0 spiro atoms. The first-order valence-corrected chi connectivity index (χ1v) is 16.1. The molecule has 9 rings (SSSR count). The van der Waals surface area contributed by atoms with Crippen molar-refractivity contribution in [1.82, 2.24) is 24.9 Å². The molecule has 0 N–H and O–H groups in total. The van der Waals surface area contributed by atoms with Gasteiger partial charge in [-0.1, -0.05) is 109 Å². The van der Waals surface area contributed by atoms with Crippen LogP contribution in [0.1, 0.15) is 0 Å². The summed E-state index contributed by atoms with van der Waals surface area (Å²) in [6.45, 7) is 0. The molecular weight excluding hydrogens is 603 g/mol. The van der Waals surface area contributed by atoms with Crippen LogP contribution in [0.2, 0.25) is 0 Å². The highest BCUT2D eigenvalue weighted by molar-refractivity contribution is 5.96. The Morgan fingerprint density at radius 2 is 0.980 bits per heavy atom. The fourth-order valence-corrected chi connectivity index (χ4v) is 6.16. The van der Waals surface area contributed by atoms with Gasteiger partial charge < -0.3 is 4.42 Å². The quantitative estimate of drug-likeness (QED) is 0.182. The Hall–Kier alpha value is -6.79. The first kappa shape index (κ1) is 28.4. The molecular formula is C43H27N5O. The number of benzene rings is 6. The second-order valence-electron chi connectivity index (χ2n) is 11.8. The second kappa shape index (κ2) is 12.1. The molecule has 0 bridgehead atoms. The minimum absolute atomic E-state index is 0.581. The molecule has 3 heterocycles. The third-order valence-corrected chi connectivity index (χ3v) is 8.58. The smallest absolute Gasteiger partial charge is 0.227 e. The van der Waals surface area contributed by atoms with Crippen molar-refractivity contribution in [3.8, 4) is 67.9 Å². The molecule has 0 unspecified atom stereocenters. The van der Waals surface area contributed by atoms with Crippen LogP contribution in [-0.4, -0.2) is 24.9 Å². The van der Waals surface area contributed by atoms with Crippen LogP contribution in [0.15, 0.2) is 168 Å². The average molecular weight is 630 g/mol. The first-order valence-electron chi connectivity index (χ1n) is 16.1. The van der Waals surface area contributed by atoms with E-state index < -0.39 is 0 Å². The fourth-order valence-electron chi connectivity index (χ4n) is 6.16. The zero-order valence-electron chi connectivity index (χ0n) is 26.2. The van der Waals surface area contributed by atoms with Crippen molar-refractivity contribution in [2.45, 2.75) is 0 Å². The van der Waals surface area contributed by atoms with Gasteiger partial charge in [0, 0.05) is 39.4 Å². The summed E-state index contributed by atoms with van der Waals surface area (Å²) in [6, 6.07) is 53.0. The Morgan fingerprint density at radius 3 is 1.67 bits per heavy atom. The molecule has 3 aromatic heterocycles. The van der Waals surface area contributed by atoms with E-state index in [-0.39, 0.29) is 0 Å². The number of nitrogens with zero attached hydrogens (tertiary/aromatic N) is 5. The number of hydrogen-bond donors (Lipinski definition) is 0. The Bertz CT molecular complexity index is 2540. The van der Waals surface area contributed by atoms with Gasteiger partial charge in [-0.3, -0.25) is 4.98 Å². The van der Waals surface area contributed by atoms with Crippen molar-refractivity contribution in [2.75, 3.05) is 0 Å². The van der Waals surface area contributed by atoms with Gasteiger partial charge in [0.1, 0.15) is 5.52 Å². The maximum Gasteiger partial charge on any atom is 0.227 e. The van der Waals surface area contributed by atoms with Gasteiger partial charge in [-0.05, 0) is 65.2 Å². The molecule has 0 atom stereocenters. The van der Waals surface area contributed by atoms with Crippen LogP contribution >= 0.6 is 0 Å². The van der Waals surface area contributed by atoms with Crippen LogP contribution in [0, 0.1) is 0 Å². The summed E-state index contributed by atoms with van der Waals surface area (Å²) in [5.41, 5.74) is 10.1. The molecule has 0 aliphatic heterocycles. The fraction of sp³-hybridized carbons (Fsp3) is 0. The number of pyridine rings is 1. The number of hydrogen-bond acceptors (Lipinski definition) is 6. The van der Waals surface area contributed by atoms with Gasteiger partial charge in [-0.15, -0.1) is 0 Å². The third kappa shape index (κ3) is 5.51. The van der Waals surface area contributed by atoms with Gasteiger partial charge in [0.05, 0.1) is 5.52 Å². The zero-order valence-corrected chi connectivity index (χ0v) is 26.2. The lowest BCUT2D eigenvalue weighted by Gasteiger charge is -2.13. The first-order chi connectivity index (χ1) is 24.2. The van der Waals surface area contributed by atoms with Crippen LogP contribution in [0.4, 0.5) is 0 Å². The van der Waals surface area contributed by atoms with E-state index in [1.165, 1.54) is 0 Å². The van der Waals surface area contributed by atoms with Crippen LogP contribution in [0.5, 0.6) is 0 Å². The maximum atomic E-state index is 6.14. The summed E-state index contributed by atoms with van der Waals surface area (Å²) < 4.78 is 6.14. The van der Waals surface area contributed by atoms with Crippen LogP contribution in [0.3, 0.4) is 0 Å². The summed E-state index contributed by atoms with van der Waals surface area (Å²) in [4.78, 5) is 24.6. The van der Waals surface area contributed by atoms with Crippen molar-refractivity contribution in [2.24, 2.45) is 0 Å². The molecule has 9 aromatic rings. The minimum Gasteiger partial charge on any atom is -0.436 e. The molecule has 0 fully saturated rings. The van der Waals surface area contributed by atoms with Gasteiger partial charge in [0.25, 0.3) is 0 Å². The van der Waals surface area contributed by atoms with Crippen LogP contribution in [0.25, 0.3) is 89.9 Å². The third-order valence-electron chi connectivity index (χ3n) is 8.58. The summed E-state index contributed by atoms with van der Waals surface area (Å²) in [5, 5.41) is 1.07. The number of oxazole rings is 1. The Morgan fingerprint density at radius 1 is 0.388 bits per heavy atom. The zero-order chi connectivity index (χ0) is 32.6. The summed E-state index contributed by atoms with van der Waals surface area (Å²) >= 11 is 0. The molecule has 230 valence electrons. The highest BCUT2D eigenvalue weighted by atomic mass is 16.3. The molecule has 6 nitrogen and oxygen atoms in total. The largest absolute Gasteiger partial charge is 0.436 e. The number of aromatic nitrogens is 5. The SMILES string of the molecule is c1ccc(-c2nc(-c3ccccc3)nc(-c3cc(-c4ccc5oc(-c6ccccc6)nc5c4)cc(-c4cccc5cccnc45)c3)n2)cc1. The van der Waals surface area contributed by atoms with E-state index in [4.69, 9.17) is 29.3 Å². The minimum atomic E-state index is 0.581. The predicted octanol–water partition coefficient (Wildman–Crippen LogP) is 10.6. The molecule has 6 aromatic carbocycles. The summed E-state index contributed by atoms with van der Waals surface area (Å²) in [7, 11) is 0. The van der Waals surface area contributed by atoms with Gasteiger partial charge >= 0.3 is 0 Å². The molecule has 0 radical (unpaired) electrons. The van der Waals surface area contributed by atoms with Crippen molar-refractivity contribution in [3.05, 3.63) is 164 Å². The normalized spacial score (nSPS) is 11.3. The van der Waals surface area contributed by atoms with Gasteiger partial charge in [-0.25, -0.2) is 19.9 Å². The lowest BCUT2D eigenvalue weighted by atomic mass is 9.94. The average Bonchev–Trinajstić information content (AvgIpc) is 3.62. The summed E-state index contributed by atoms with van der Waals surface area (Å²) in [5.74, 6) is 2.40. The van der Waals surface area contributed by atoms with E-state index in [9.17, 15) is 0 Å². The maximum absolute atomic E-state index is 6.14. The molecule has 49 heavy (non-hydrogen) atoms. The van der Waals surface area contributed by atoms with E-state index in [1.54, 1.807) is 0 Å². The molecule has 0 aliphatic rings. The highest BCUT2D eigenvalue weighted by Crippen LogP contribution is 2.37. The van der Waals surface area contributed by atoms with E-state index in [0.29, 0.717) is 23.4 Å². The molecule has 0 saturated heterocycles. The number of rotatable bonds is 6. The molecule has 0 amide bonds. The molecule has 0 saturated carbocycles. The lowest BCUT2D eigenvalue weighted by molar-refractivity contribution is 0.620. The number of fused-ring (bicyclic) bond motifs is 2. The molecule has 6 heteroatoms. The second-order valence-corrected chi connectivity index (χ2v) is 11.8. The van der Waals surface area contributed by atoms with E-state index in [1.807, 2.05) is 109 Å². The monoisotopic (exact) mass is 629 g/mol. The molecule has 0 aliphatic carbocycles. The van der Waals surface area contributed by atoms with Crippen molar-refractivity contribution < 1.29 is 4.42 Å². The number of para-hydroxylation sites is 1. The van der Waals surface area contributed by atoms with E-state index in [0.717, 1.165) is 66.5 Å². The predicted molar refractivity (Wildman–Crippen MR) is 195 cm³/mol. The van der Waals surface area contributed by atoms with Crippen LogP contribution in [-0.2, 0) is 0 Å². The van der Waals surface area contributed by atoms with E-state index >= 15 is 0 Å². The highest BCUT2D eigenvalue weighted by Gasteiger charge is 2.17. The van der Waals surface area contributed by atoms with Crippen molar-refractivity contribution >= 4 is 22.0 Å². The van der Waals surface area contributed by atoms with Crippen LogP contribution < -0.4 is 0 Å².